The van der Waals surface area contributed by atoms with Gasteiger partial charge in [0.15, 0.2) is 0 Å². The number of rotatable bonds is 3. The first-order valence-electron chi connectivity index (χ1n) is 4.49. The Morgan fingerprint density at radius 3 is 2.62 bits per heavy atom. The van der Waals surface area contributed by atoms with E-state index in [0.29, 0.717) is 6.07 Å². The van der Waals surface area contributed by atoms with Crippen LogP contribution in [0.4, 0.5) is 8.78 Å². The zero-order chi connectivity index (χ0) is 12.3. The maximum Gasteiger partial charge on any atom is 0.254 e. The van der Waals surface area contributed by atoms with Crippen molar-refractivity contribution < 1.29 is 13.6 Å². The molecule has 1 N–H and O–H groups in total. The molecule has 0 aliphatic carbocycles. The standard InChI is InChI=1S/C11H10ClF2NO/c1-6-3-8(10(14)4-9(6)13)11(16)15-5-7(2)12/h3-4H,2,5H2,1H3,(H,15,16). The Kier molecular flexibility index (Phi) is 4.01. The van der Waals surface area contributed by atoms with Crippen molar-refractivity contribution in [2.75, 3.05) is 6.54 Å². The van der Waals surface area contributed by atoms with E-state index in [9.17, 15) is 13.6 Å². The molecule has 2 nitrogen and oxygen atoms in total. The van der Waals surface area contributed by atoms with Gasteiger partial charge in [-0.1, -0.05) is 18.2 Å². The summed E-state index contributed by atoms with van der Waals surface area (Å²) in [4.78, 5) is 11.5. The topological polar surface area (TPSA) is 29.1 Å². The molecular weight excluding hydrogens is 236 g/mol. The molecule has 1 amide bonds. The van der Waals surface area contributed by atoms with Gasteiger partial charge in [0.2, 0.25) is 0 Å². The van der Waals surface area contributed by atoms with E-state index >= 15 is 0 Å². The van der Waals surface area contributed by atoms with Crippen LogP contribution in [0.3, 0.4) is 0 Å². The molecule has 1 rings (SSSR count). The molecule has 5 heteroatoms. The number of aryl methyl sites for hydroxylation is 1. The predicted molar refractivity (Wildman–Crippen MR) is 58.4 cm³/mol. The summed E-state index contributed by atoms with van der Waals surface area (Å²) in [7, 11) is 0. The molecule has 0 saturated carbocycles. The normalized spacial score (nSPS) is 10.0. The van der Waals surface area contributed by atoms with Crippen molar-refractivity contribution in [3.63, 3.8) is 0 Å². The highest BCUT2D eigenvalue weighted by atomic mass is 35.5. The number of benzene rings is 1. The minimum absolute atomic E-state index is 0.0379. The minimum atomic E-state index is -0.902. The first kappa shape index (κ1) is 12.6. The van der Waals surface area contributed by atoms with E-state index < -0.39 is 17.5 Å². The van der Waals surface area contributed by atoms with Crippen molar-refractivity contribution in [2.45, 2.75) is 6.92 Å². The lowest BCUT2D eigenvalue weighted by atomic mass is 10.1. The van der Waals surface area contributed by atoms with Gasteiger partial charge >= 0.3 is 0 Å². The molecule has 86 valence electrons. The number of amides is 1. The molecule has 0 spiro atoms. The first-order valence-corrected chi connectivity index (χ1v) is 4.86. The third kappa shape index (κ3) is 3.03. The number of carbonyl (C=O) groups is 1. The van der Waals surface area contributed by atoms with E-state index in [1.807, 2.05) is 0 Å². The Bertz CT molecular complexity index is 446. The van der Waals surface area contributed by atoms with E-state index in [4.69, 9.17) is 11.6 Å². The first-order chi connectivity index (χ1) is 7.41. The van der Waals surface area contributed by atoms with Crippen molar-refractivity contribution in [1.29, 1.82) is 0 Å². The van der Waals surface area contributed by atoms with E-state index in [2.05, 4.69) is 11.9 Å². The molecule has 0 unspecified atom stereocenters. The number of hydrogen-bond acceptors (Lipinski definition) is 1. The van der Waals surface area contributed by atoms with Gasteiger partial charge in [0.25, 0.3) is 5.91 Å². The highest BCUT2D eigenvalue weighted by Crippen LogP contribution is 2.14. The predicted octanol–water partition coefficient (Wildman–Crippen LogP) is 2.76. The van der Waals surface area contributed by atoms with Crippen LogP contribution in [0.25, 0.3) is 0 Å². The largest absolute Gasteiger partial charge is 0.347 e. The van der Waals surface area contributed by atoms with Gasteiger partial charge in [-0.25, -0.2) is 8.78 Å². The molecule has 16 heavy (non-hydrogen) atoms. The molecule has 1 aromatic carbocycles. The average molecular weight is 246 g/mol. The molecule has 0 atom stereocenters. The number of nitrogens with one attached hydrogen (secondary N) is 1. The van der Waals surface area contributed by atoms with Crippen LogP contribution in [0, 0.1) is 18.6 Å². The van der Waals surface area contributed by atoms with Gasteiger partial charge < -0.3 is 5.32 Å². The maximum absolute atomic E-state index is 13.2. The third-order valence-electron chi connectivity index (χ3n) is 1.93. The van der Waals surface area contributed by atoms with Gasteiger partial charge in [-0.15, -0.1) is 0 Å². The molecule has 0 fully saturated rings. The molecule has 0 bridgehead atoms. The summed E-state index contributed by atoms with van der Waals surface area (Å²) in [5.74, 6) is -2.24. The van der Waals surface area contributed by atoms with Gasteiger partial charge in [0, 0.05) is 11.1 Å². The van der Waals surface area contributed by atoms with Gasteiger partial charge in [0.1, 0.15) is 11.6 Å². The molecule has 0 heterocycles. The summed E-state index contributed by atoms with van der Waals surface area (Å²) in [5, 5.41) is 2.58. The molecule has 0 aliphatic rings. The SMILES string of the molecule is C=C(Cl)CNC(=O)c1cc(C)c(F)cc1F. The highest BCUT2D eigenvalue weighted by Gasteiger charge is 2.14. The number of halogens is 3. The summed E-state index contributed by atoms with van der Waals surface area (Å²) >= 11 is 5.44. The maximum atomic E-state index is 13.2. The van der Waals surface area contributed by atoms with Crippen LogP contribution in [0.1, 0.15) is 15.9 Å². The van der Waals surface area contributed by atoms with Crippen LogP contribution in [0.15, 0.2) is 23.7 Å². The van der Waals surface area contributed by atoms with Crippen LogP contribution in [0.2, 0.25) is 0 Å². The summed E-state index contributed by atoms with van der Waals surface area (Å²) in [6.45, 7) is 4.86. The Morgan fingerprint density at radius 2 is 2.06 bits per heavy atom. The van der Waals surface area contributed by atoms with E-state index in [-0.39, 0.29) is 22.7 Å². The Morgan fingerprint density at radius 1 is 1.44 bits per heavy atom. The molecule has 0 aromatic heterocycles. The van der Waals surface area contributed by atoms with Gasteiger partial charge in [-0.3, -0.25) is 4.79 Å². The zero-order valence-electron chi connectivity index (χ0n) is 8.61. The van der Waals surface area contributed by atoms with Crippen LogP contribution in [0.5, 0.6) is 0 Å². The van der Waals surface area contributed by atoms with Crippen molar-refractivity contribution in [1.82, 2.24) is 5.32 Å². The highest BCUT2D eigenvalue weighted by molar-refractivity contribution is 6.29. The number of carbonyl (C=O) groups excluding carboxylic acids is 1. The minimum Gasteiger partial charge on any atom is -0.347 e. The molecular formula is C11H10ClF2NO. The lowest BCUT2D eigenvalue weighted by molar-refractivity contribution is 0.0953. The van der Waals surface area contributed by atoms with Crippen LogP contribution < -0.4 is 5.32 Å². The molecule has 0 radical (unpaired) electrons. The van der Waals surface area contributed by atoms with Gasteiger partial charge in [-0.05, 0) is 18.6 Å². The fourth-order valence-electron chi connectivity index (χ4n) is 1.10. The van der Waals surface area contributed by atoms with Gasteiger partial charge in [-0.2, -0.15) is 0 Å². The Balaban J connectivity index is 2.91. The second-order valence-electron chi connectivity index (χ2n) is 3.28. The fourth-order valence-corrected chi connectivity index (χ4v) is 1.17. The molecule has 1 aromatic rings. The lowest BCUT2D eigenvalue weighted by Gasteiger charge is -2.06. The van der Waals surface area contributed by atoms with Crippen LogP contribution in [-0.2, 0) is 0 Å². The number of hydrogen-bond donors (Lipinski definition) is 1. The second-order valence-corrected chi connectivity index (χ2v) is 3.82. The summed E-state index contributed by atoms with van der Waals surface area (Å²) < 4.78 is 26.2. The molecule has 0 saturated heterocycles. The Labute approximate surface area is 96.9 Å². The van der Waals surface area contributed by atoms with Crippen LogP contribution in [-0.4, -0.2) is 12.5 Å². The fraction of sp³-hybridized carbons (Fsp3) is 0.182. The summed E-state index contributed by atoms with van der Waals surface area (Å²) in [5.41, 5.74) is -0.00642. The van der Waals surface area contributed by atoms with Crippen molar-refractivity contribution in [3.8, 4) is 0 Å². The smallest absolute Gasteiger partial charge is 0.254 e. The second kappa shape index (κ2) is 5.07. The van der Waals surface area contributed by atoms with Crippen molar-refractivity contribution in [3.05, 3.63) is 46.5 Å². The Hall–Kier alpha value is -1.42. The van der Waals surface area contributed by atoms with Crippen molar-refractivity contribution >= 4 is 17.5 Å². The average Bonchev–Trinajstić information content (AvgIpc) is 2.20. The quantitative estimate of drug-likeness (QED) is 0.872. The summed E-state index contributed by atoms with van der Waals surface area (Å²) in [6, 6.07) is 1.83. The van der Waals surface area contributed by atoms with Gasteiger partial charge in [0.05, 0.1) is 12.1 Å². The van der Waals surface area contributed by atoms with Crippen LogP contribution >= 0.6 is 11.6 Å². The summed E-state index contributed by atoms with van der Waals surface area (Å²) in [6.07, 6.45) is 0. The van der Waals surface area contributed by atoms with Crippen molar-refractivity contribution in [2.24, 2.45) is 0 Å². The molecule has 0 aliphatic heterocycles. The zero-order valence-corrected chi connectivity index (χ0v) is 9.37. The van der Waals surface area contributed by atoms with E-state index in [1.165, 1.54) is 6.92 Å². The lowest BCUT2D eigenvalue weighted by Crippen LogP contribution is -2.25. The third-order valence-corrected chi connectivity index (χ3v) is 2.07. The van der Waals surface area contributed by atoms with E-state index in [0.717, 1.165) is 6.07 Å². The van der Waals surface area contributed by atoms with E-state index in [1.54, 1.807) is 0 Å². The monoisotopic (exact) mass is 245 g/mol.